The fourth-order valence-electron chi connectivity index (χ4n) is 4.65. The van der Waals surface area contributed by atoms with E-state index in [1.54, 1.807) is 12.3 Å². The van der Waals surface area contributed by atoms with Crippen LogP contribution in [0.5, 0.6) is 11.5 Å². The molecule has 9 nitrogen and oxygen atoms in total. The highest BCUT2D eigenvalue weighted by Gasteiger charge is 2.46. The summed E-state index contributed by atoms with van der Waals surface area (Å²) in [4.78, 5) is 42.9. The number of likely N-dealkylation sites (N-methyl/N-ethyl adjacent to an activating group) is 1. The summed E-state index contributed by atoms with van der Waals surface area (Å²) >= 11 is 0. The zero-order chi connectivity index (χ0) is 30.8. The third-order valence-corrected chi connectivity index (χ3v) is 6.69. The summed E-state index contributed by atoms with van der Waals surface area (Å²) in [7, 11) is 4.87. The molecule has 1 aliphatic heterocycles. The average molecular weight is 595 g/mol. The molecule has 2 aromatic carbocycles. The Morgan fingerprint density at radius 1 is 1.05 bits per heavy atom. The van der Waals surface area contributed by atoms with E-state index in [9.17, 15) is 27.6 Å². The lowest BCUT2D eigenvalue weighted by molar-refractivity contribution is -0.274. The van der Waals surface area contributed by atoms with Crippen molar-refractivity contribution in [3.63, 3.8) is 0 Å². The Labute approximate surface area is 237 Å². The number of ether oxygens (including phenoxy) is 2. The van der Waals surface area contributed by atoms with E-state index < -0.39 is 58.6 Å². The molecule has 1 aliphatic rings. The maximum Gasteiger partial charge on any atom is 0.573 e. The van der Waals surface area contributed by atoms with Gasteiger partial charge in [-0.2, -0.15) is 0 Å². The molecule has 2 heterocycles. The van der Waals surface area contributed by atoms with Gasteiger partial charge in [0.25, 0.3) is 11.5 Å². The van der Waals surface area contributed by atoms with Crippen LogP contribution < -0.4 is 25.2 Å². The van der Waals surface area contributed by atoms with Gasteiger partial charge in [0.1, 0.15) is 34.9 Å². The molecule has 0 aliphatic carbocycles. The van der Waals surface area contributed by atoms with Crippen LogP contribution in [0.1, 0.15) is 21.8 Å². The zero-order valence-corrected chi connectivity index (χ0v) is 22.7. The van der Waals surface area contributed by atoms with Crippen LogP contribution in [-0.4, -0.2) is 68.0 Å². The summed E-state index contributed by atoms with van der Waals surface area (Å²) in [6.07, 6.45) is -3.40. The summed E-state index contributed by atoms with van der Waals surface area (Å²) in [5, 5.41) is 2.44. The number of pyridine rings is 1. The quantitative estimate of drug-likeness (QED) is 0.382. The minimum Gasteiger partial charge on any atom is -0.497 e. The molecule has 1 fully saturated rings. The second-order valence-electron chi connectivity index (χ2n) is 9.78. The van der Waals surface area contributed by atoms with Gasteiger partial charge in [0.15, 0.2) is 0 Å². The number of carbonyl (C=O) groups is 2. The topological polar surface area (TPSA) is 93.1 Å². The summed E-state index contributed by atoms with van der Waals surface area (Å²) in [6, 6.07) is 7.18. The molecule has 1 N–H and O–H groups in total. The van der Waals surface area contributed by atoms with E-state index in [0.717, 1.165) is 41.3 Å². The third-order valence-electron chi connectivity index (χ3n) is 6.69. The van der Waals surface area contributed by atoms with Gasteiger partial charge in [-0.3, -0.25) is 14.4 Å². The average Bonchev–Trinajstić information content (AvgIpc) is 3.22. The predicted octanol–water partition coefficient (Wildman–Crippen LogP) is 3.52. The second-order valence-corrected chi connectivity index (χ2v) is 9.78. The number of aromatic nitrogens is 1. The molecular formula is C28H27F5N4O5. The number of methoxy groups -OCH3 is 1. The highest BCUT2D eigenvalue weighted by atomic mass is 19.4. The first-order valence-electron chi connectivity index (χ1n) is 12.6. The number of amides is 2. The molecule has 1 saturated heterocycles. The van der Waals surface area contributed by atoms with Crippen LogP contribution in [-0.2, 0) is 11.3 Å². The zero-order valence-electron chi connectivity index (χ0n) is 22.7. The van der Waals surface area contributed by atoms with Crippen molar-refractivity contribution in [2.45, 2.75) is 24.9 Å². The Morgan fingerprint density at radius 3 is 2.26 bits per heavy atom. The van der Waals surface area contributed by atoms with Crippen LogP contribution in [0.25, 0.3) is 0 Å². The van der Waals surface area contributed by atoms with Crippen molar-refractivity contribution in [2.24, 2.45) is 0 Å². The first-order valence-corrected chi connectivity index (χ1v) is 12.6. The lowest BCUT2D eigenvalue weighted by Gasteiger charge is -2.20. The molecule has 0 saturated carbocycles. The van der Waals surface area contributed by atoms with E-state index >= 15 is 8.78 Å². The summed E-state index contributed by atoms with van der Waals surface area (Å²) in [5.41, 5.74) is -1.22. The summed E-state index contributed by atoms with van der Waals surface area (Å²) < 4.78 is 78.0. The number of nitrogens with zero attached hydrogens (tertiary/aromatic N) is 3. The van der Waals surface area contributed by atoms with Gasteiger partial charge >= 0.3 is 6.36 Å². The first kappa shape index (κ1) is 30.5. The molecule has 2 amide bonds. The number of benzene rings is 2. The molecular weight excluding hydrogens is 567 g/mol. The van der Waals surface area contributed by atoms with Crippen molar-refractivity contribution in [3.8, 4) is 11.5 Å². The SMILES string of the molecule is COc1cc(F)c([C@@H]2CN(c3cccn(CCN(C)C)c3=O)C(=O)C2NC(=O)c2ccc(OC(F)(F)F)cc2)c(F)c1. The van der Waals surface area contributed by atoms with Crippen molar-refractivity contribution >= 4 is 17.5 Å². The van der Waals surface area contributed by atoms with Gasteiger partial charge in [0, 0.05) is 55.0 Å². The number of hydrogen-bond acceptors (Lipinski definition) is 6. The third kappa shape index (κ3) is 6.70. The normalized spacial score (nSPS) is 17.1. The van der Waals surface area contributed by atoms with Crippen molar-refractivity contribution in [3.05, 3.63) is 87.8 Å². The smallest absolute Gasteiger partial charge is 0.497 e. The molecule has 3 aromatic rings. The number of alkyl halides is 3. The number of hydrogen-bond donors (Lipinski definition) is 1. The number of nitrogens with one attached hydrogen (secondary N) is 1. The van der Waals surface area contributed by atoms with Gasteiger partial charge < -0.3 is 29.2 Å². The lowest BCUT2D eigenvalue weighted by atomic mass is 9.92. The number of halogens is 5. The molecule has 0 radical (unpaired) electrons. The van der Waals surface area contributed by atoms with Crippen LogP contribution in [0.3, 0.4) is 0 Å². The van der Waals surface area contributed by atoms with Crippen LogP contribution in [0.4, 0.5) is 27.6 Å². The minimum absolute atomic E-state index is 0.0500. The monoisotopic (exact) mass is 594 g/mol. The molecule has 42 heavy (non-hydrogen) atoms. The fraction of sp³-hybridized carbons (Fsp3) is 0.321. The van der Waals surface area contributed by atoms with Gasteiger partial charge in [-0.1, -0.05) is 0 Å². The molecule has 1 unspecified atom stereocenters. The molecule has 0 spiro atoms. The van der Waals surface area contributed by atoms with Crippen molar-refractivity contribution in [1.82, 2.24) is 14.8 Å². The fourth-order valence-corrected chi connectivity index (χ4v) is 4.65. The van der Waals surface area contributed by atoms with E-state index in [1.165, 1.54) is 17.7 Å². The number of rotatable bonds is 9. The number of carbonyl (C=O) groups excluding carboxylic acids is 2. The van der Waals surface area contributed by atoms with Crippen LogP contribution in [0.2, 0.25) is 0 Å². The van der Waals surface area contributed by atoms with Crippen LogP contribution >= 0.6 is 0 Å². The Kier molecular flexibility index (Phi) is 8.85. The van der Waals surface area contributed by atoms with Gasteiger partial charge in [0.2, 0.25) is 5.91 Å². The van der Waals surface area contributed by atoms with E-state index in [-0.39, 0.29) is 23.5 Å². The van der Waals surface area contributed by atoms with Crippen molar-refractivity contribution < 1.29 is 41.0 Å². The Morgan fingerprint density at radius 2 is 1.69 bits per heavy atom. The molecule has 2 atom stereocenters. The van der Waals surface area contributed by atoms with Crippen LogP contribution in [0, 0.1) is 11.6 Å². The number of anilines is 1. The van der Waals surface area contributed by atoms with Crippen molar-refractivity contribution in [2.75, 3.05) is 39.2 Å². The second kappa shape index (κ2) is 12.2. The predicted molar refractivity (Wildman–Crippen MR) is 142 cm³/mol. The van der Waals surface area contributed by atoms with E-state index in [1.807, 2.05) is 19.0 Å². The largest absolute Gasteiger partial charge is 0.573 e. The van der Waals surface area contributed by atoms with Crippen molar-refractivity contribution in [1.29, 1.82) is 0 Å². The maximum absolute atomic E-state index is 15.2. The summed E-state index contributed by atoms with van der Waals surface area (Å²) in [6.45, 7) is 0.476. The van der Waals surface area contributed by atoms with E-state index in [0.29, 0.717) is 13.1 Å². The molecule has 1 aromatic heterocycles. The molecule has 14 heteroatoms. The van der Waals surface area contributed by atoms with Gasteiger partial charge in [0.05, 0.1) is 7.11 Å². The van der Waals surface area contributed by atoms with Crippen LogP contribution in [0.15, 0.2) is 59.5 Å². The highest BCUT2D eigenvalue weighted by Crippen LogP contribution is 2.36. The molecule has 4 rings (SSSR count). The lowest BCUT2D eigenvalue weighted by Crippen LogP contribution is -2.44. The Balaban J connectivity index is 1.70. The Bertz CT molecular complexity index is 1500. The highest BCUT2D eigenvalue weighted by molar-refractivity contribution is 6.05. The van der Waals surface area contributed by atoms with Gasteiger partial charge in [-0.25, -0.2) is 8.78 Å². The Hall–Kier alpha value is -4.46. The minimum atomic E-state index is -4.94. The first-order chi connectivity index (χ1) is 19.8. The standard InChI is InChI=1S/C28H27F5N4O5/c1-35(2)11-12-36-10-4-5-22(26(36)39)37-15-19(23-20(29)13-18(41-3)14-21(23)30)24(27(37)40)34-25(38)16-6-8-17(9-7-16)42-28(31,32)33/h4-10,13-14,19,24H,11-12,15H2,1-3H3,(H,34,38)/t19-,24?/m0/s1. The van der Waals surface area contributed by atoms with Gasteiger partial charge in [-0.05, 0) is 50.5 Å². The van der Waals surface area contributed by atoms with E-state index in [4.69, 9.17) is 4.74 Å². The maximum atomic E-state index is 15.2. The molecule has 0 bridgehead atoms. The van der Waals surface area contributed by atoms with Gasteiger partial charge in [-0.15, -0.1) is 13.2 Å². The van der Waals surface area contributed by atoms with E-state index in [2.05, 4.69) is 10.1 Å². The molecule has 224 valence electrons. The summed E-state index contributed by atoms with van der Waals surface area (Å²) in [5.74, 6) is -5.73.